The van der Waals surface area contributed by atoms with E-state index in [4.69, 9.17) is 11.2 Å². The molecule has 100 valence electrons. The van der Waals surface area contributed by atoms with Gasteiger partial charge in [0.1, 0.15) is 0 Å². The third kappa shape index (κ3) is 4.04. The van der Waals surface area contributed by atoms with Crippen molar-refractivity contribution in [3.8, 4) is 0 Å². The fourth-order valence-corrected chi connectivity index (χ4v) is 4.35. The summed E-state index contributed by atoms with van der Waals surface area (Å²) < 4.78 is 2.36. The summed E-state index contributed by atoms with van der Waals surface area (Å²) in [5.74, 6) is 0. The average Bonchev–Trinajstić information content (AvgIpc) is 2.46. The van der Waals surface area contributed by atoms with E-state index < -0.39 is 7.43 Å². The van der Waals surface area contributed by atoms with Crippen LogP contribution in [-0.4, -0.2) is 10.7 Å². The number of benzene rings is 2. The first-order valence-electron chi connectivity index (χ1n) is 6.50. The second-order valence-electron chi connectivity index (χ2n) is 4.77. The molecule has 0 aliphatic rings. The second kappa shape index (κ2) is 7.05. The molecule has 0 fully saturated rings. The Labute approximate surface area is 121 Å². The average molecular weight is 292 g/mol. The number of hydrogen-bond donors (Lipinski definition) is 0. The molecule has 0 heterocycles. The van der Waals surface area contributed by atoms with Crippen LogP contribution >= 0.6 is 18.7 Å². The topological polar surface area (TPSA) is 3.24 Å². The molecule has 0 saturated carbocycles. The monoisotopic (exact) mass is 291 g/mol. The molecule has 2 aromatic rings. The van der Waals surface area contributed by atoms with Crippen LogP contribution in [0.5, 0.6) is 0 Å². The van der Waals surface area contributed by atoms with Gasteiger partial charge in [-0.25, -0.2) is 0 Å². The van der Waals surface area contributed by atoms with E-state index in [0.717, 1.165) is 6.54 Å². The van der Waals surface area contributed by atoms with Gasteiger partial charge in [0.2, 0.25) is 0 Å². The molecule has 19 heavy (non-hydrogen) atoms. The Balaban J connectivity index is 2.17. The van der Waals surface area contributed by atoms with Crippen LogP contribution < -0.4 is 5.30 Å². The predicted octanol–water partition coefficient (Wildman–Crippen LogP) is 4.77. The summed E-state index contributed by atoms with van der Waals surface area (Å²) in [6, 6.07) is 21.3. The molecule has 0 N–H and O–H groups in total. The van der Waals surface area contributed by atoms with Gasteiger partial charge in [-0.05, 0) is 19.4 Å². The maximum atomic E-state index is 6.71. The molecule has 0 amide bonds. The normalized spacial score (nSPS) is 12.9. The maximum Gasteiger partial charge on any atom is 0.0951 e. The first-order valence-corrected chi connectivity index (χ1v) is 8.70. The van der Waals surface area contributed by atoms with E-state index in [1.54, 1.807) is 0 Å². The van der Waals surface area contributed by atoms with E-state index in [1.165, 1.54) is 10.9 Å². The van der Waals surface area contributed by atoms with Crippen LogP contribution in [0.15, 0.2) is 60.7 Å². The van der Waals surface area contributed by atoms with Gasteiger partial charge in [0, 0.05) is 17.9 Å². The highest BCUT2D eigenvalue weighted by Gasteiger charge is 2.21. The number of nitrogens with zero attached hydrogens (tertiary/aromatic N) is 1. The summed E-state index contributed by atoms with van der Waals surface area (Å²) in [4.78, 5) is 0. The molecular formula is C16H19ClNP. The fourth-order valence-electron chi connectivity index (χ4n) is 1.92. The standard InChI is InChI=1S/C16H19ClNP/c1-14(2)18(13-15-9-5-3-6-10-15)19(17)16-11-7-4-8-12-16/h3-12,14H,13H2,1-2H3. The lowest BCUT2D eigenvalue weighted by Crippen LogP contribution is -2.27. The van der Waals surface area contributed by atoms with Crippen molar-refractivity contribution in [1.82, 2.24) is 4.67 Å². The summed E-state index contributed by atoms with van der Waals surface area (Å²) in [6.07, 6.45) is 0. The van der Waals surface area contributed by atoms with Crippen LogP contribution in [0.3, 0.4) is 0 Å². The Kier molecular flexibility index (Phi) is 5.39. The summed E-state index contributed by atoms with van der Waals surface area (Å²) in [5.41, 5.74) is 1.31. The molecule has 0 radical (unpaired) electrons. The van der Waals surface area contributed by atoms with E-state index in [9.17, 15) is 0 Å². The molecule has 1 atom stereocenters. The van der Waals surface area contributed by atoms with Gasteiger partial charge in [0.05, 0.1) is 7.43 Å². The van der Waals surface area contributed by atoms with Crippen molar-refractivity contribution in [3.63, 3.8) is 0 Å². The van der Waals surface area contributed by atoms with Crippen LogP contribution in [0, 0.1) is 0 Å². The van der Waals surface area contributed by atoms with Crippen LogP contribution in [-0.2, 0) is 6.54 Å². The summed E-state index contributed by atoms with van der Waals surface area (Å²) in [6.45, 7) is 5.29. The first kappa shape index (κ1) is 14.5. The lowest BCUT2D eigenvalue weighted by molar-refractivity contribution is 0.383. The van der Waals surface area contributed by atoms with Crippen molar-refractivity contribution < 1.29 is 0 Å². The molecule has 0 aromatic heterocycles. The molecule has 0 aliphatic heterocycles. The van der Waals surface area contributed by atoms with Gasteiger partial charge in [0.25, 0.3) is 0 Å². The van der Waals surface area contributed by atoms with E-state index in [2.05, 4.69) is 54.9 Å². The van der Waals surface area contributed by atoms with Gasteiger partial charge in [-0.3, -0.25) is 4.67 Å². The smallest absolute Gasteiger partial charge is 0.0951 e. The molecule has 0 spiro atoms. The highest BCUT2D eigenvalue weighted by atomic mass is 35.7. The van der Waals surface area contributed by atoms with Crippen molar-refractivity contribution >= 4 is 24.0 Å². The molecule has 1 unspecified atom stereocenters. The van der Waals surface area contributed by atoms with E-state index in [-0.39, 0.29) is 0 Å². The zero-order chi connectivity index (χ0) is 13.7. The van der Waals surface area contributed by atoms with E-state index in [0.29, 0.717) is 6.04 Å². The molecule has 1 nitrogen and oxygen atoms in total. The fraction of sp³-hybridized carbons (Fsp3) is 0.250. The SMILES string of the molecule is CC(C)N(Cc1ccccc1)P(Cl)c1ccccc1. The molecule has 0 saturated heterocycles. The van der Waals surface area contributed by atoms with Gasteiger partial charge >= 0.3 is 0 Å². The van der Waals surface area contributed by atoms with Crippen LogP contribution in [0.2, 0.25) is 0 Å². The minimum Gasteiger partial charge on any atom is -0.259 e. The lowest BCUT2D eigenvalue weighted by Gasteiger charge is -2.30. The van der Waals surface area contributed by atoms with Crippen LogP contribution in [0.1, 0.15) is 19.4 Å². The van der Waals surface area contributed by atoms with Gasteiger partial charge in [-0.1, -0.05) is 71.9 Å². The zero-order valence-corrected chi connectivity index (χ0v) is 13.0. The summed E-state index contributed by atoms with van der Waals surface area (Å²) in [7, 11) is -0.797. The Morgan fingerprint density at radius 3 is 2.00 bits per heavy atom. The Morgan fingerprint density at radius 2 is 1.47 bits per heavy atom. The van der Waals surface area contributed by atoms with Gasteiger partial charge < -0.3 is 0 Å². The minimum atomic E-state index is -0.797. The Morgan fingerprint density at radius 1 is 0.947 bits per heavy atom. The van der Waals surface area contributed by atoms with Crippen molar-refractivity contribution in [1.29, 1.82) is 0 Å². The Hall–Kier alpha value is -0.880. The number of hydrogen-bond acceptors (Lipinski definition) is 1. The van der Waals surface area contributed by atoms with Gasteiger partial charge in [-0.15, -0.1) is 0 Å². The third-order valence-electron chi connectivity index (χ3n) is 2.98. The third-order valence-corrected chi connectivity index (χ3v) is 5.93. The molecule has 0 aliphatic carbocycles. The van der Waals surface area contributed by atoms with Crippen molar-refractivity contribution in [2.45, 2.75) is 26.4 Å². The van der Waals surface area contributed by atoms with Crippen LogP contribution in [0.25, 0.3) is 0 Å². The molecule has 2 aromatic carbocycles. The maximum absolute atomic E-state index is 6.71. The Bertz CT molecular complexity index is 487. The second-order valence-corrected chi connectivity index (χ2v) is 7.28. The highest BCUT2D eigenvalue weighted by molar-refractivity contribution is 7.88. The summed E-state index contributed by atoms with van der Waals surface area (Å²) in [5, 5.41) is 1.21. The van der Waals surface area contributed by atoms with Gasteiger partial charge in [0.15, 0.2) is 0 Å². The van der Waals surface area contributed by atoms with E-state index in [1.807, 2.05) is 24.3 Å². The molecule has 3 heteroatoms. The van der Waals surface area contributed by atoms with Gasteiger partial charge in [-0.2, -0.15) is 0 Å². The van der Waals surface area contributed by atoms with Crippen LogP contribution in [0.4, 0.5) is 0 Å². The predicted molar refractivity (Wildman–Crippen MR) is 86.0 cm³/mol. The van der Waals surface area contributed by atoms with E-state index >= 15 is 0 Å². The molecule has 2 rings (SSSR count). The lowest BCUT2D eigenvalue weighted by atomic mass is 10.2. The molecular weight excluding hydrogens is 273 g/mol. The molecule has 0 bridgehead atoms. The number of halogens is 1. The first-order chi connectivity index (χ1) is 9.18. The van der Waals surface area contributed by atoms with Crippen molar-refractivity contribution in [2.24, 2.45) is 0 Å². The highest BCUT2D eigenvalue weighted by Crippen LogP contribution is 2.46. The minimum absolute atomic E-state index is 0.420. The largest absolute Gasteiger partial charge is 0.259 e. The quantitative estimate of drug-likeness (QED) is 0.717. The van der Waals surface area contributed by atoms with Crippen molar-refractivity contribution in [2.75, 3.05) is 0 Å². The zero-order valence-electron chi connectivity index (χ0n) is 11.3. The van der Waals surface area contributed by atoms with Crippen molar-refractivity contribution in [3.05, 3.63) is 66.2 Å². The summed E-state index contributed by atoms with van der Waals surface area (Å²) >= 11 is 6.71. The number of rotatable bonds is 5.